The maximum atomic E-state index is 11.0. The van der Waals surface area contributed by atoms with Crippen LogP contribution in [0.5, 0.6) is 0 Å². The highest BCUT2D eigenvalue weighted by molar-refractivity contribution is 7.47. The van der Waals surface area contributed by atoms with Crippen molar-refractivity contribution < 1.29 is 28.0 Å². The van der Waals surface area contributed by atoms with Crippen LogP contribution in [0, 0.1) is 0 Å². The van der Waals surface area contributed by atoms with Gasteiger partial charge in [0.25, 0.3) is 0 Å². The van der Waals surface area contributed by atoms with E-state index in [1.54, 1.807) is 6.92 Å². The first-order valence-corrected chi connectivity index (χ1v) is 5.45. The van der Waals surface area contributed by atoms with Gasteiger partial charge in [-0.15, -0.1) is 0 Å². The van der Waals surface area contributed by atoms with Crippen LogP contribution in [-0.4, -0.2) is 24.1 Å². The number of phosphoric acid groups is 1. The molecule has 0 aromatic carbocycles. The number of carbonyl (C=O) groups is 1. The summed E-state index contributed by atoms with van der Waals surface area (Å²) in [5, 5.41) is 0. The van der Waals surface area contributed by atoms with Crippen LogP contribution in [0.4, 0.5) is 0 Å². The Kier molecular flexibility index (Phi) is 5.45. The van der Waals surface area contributed by atoms with Crippen LogP contribution >= 0.6 is 7.82 Å². The number of rotatable bonds is 6. The zero-order valence-corrected chi connectivity index (χ0v) is 8.95. The number of esters is 1. The molecule has 1 unspecified atom stereocenters. The predicted octanol–water partition coefficient (Wildman–Crippen LogP) is 1.22. The molecule has 0 saturated carbocycles. The van der Waals surface area contributed by atoms with Gasteiger partial charge in [0.2, 0.25) is 5.76 Å². The average Bonchev–Trinajstić information content (AvgIpc) is 2.03. The van der Waals surface area contributed by atoms with E-state index in [4.69, 9.17) is 4.89 Å². The van der Waals surface area contributed by atoms with Crippen molar-refractivity contribution in [1.29, 1.82) is 0 Å². The molecule has 0 fully saturated rings. The van der Waals surface area contributed by atoms with E-state index in [2.05, 4.69) is 20.4 Å². The van der Waals surface area contributed by atoms with Crippen LogP contribution in [0.1, 0.15) is 13.8 Å². The largest absolute Gasteiger partial charge is 0.527 e. The highest BCUT2D eigenvalue weighted by Crippen LogP contribution is 2.45. The molecule has 0 spiro atoms. The Morgan fingerprint density at radius 1 is 1.43 bits per heavy atom. The van der Waals surface area contributed by atoms with Gasteiger partial charge in [-0.3, -0.25) is 9.42 Å². The normalized spacial score (nSPS) is 14.2. The van der Waals surface area contributed by atoms with Crippen molar-refractivity contribution >= 4 is 13.8 Å². The second-order valence-corrected chi connectivity index (χ2v) is 3.50. The second-order valence-electron chi connectivity index (χ2n) is 2.12. The molecule has 0 rings (SSSR count). The first kappa shape index (κ1) is 13.2. The summed E-state index contributed by atoms with van der Waals surface area (Å²) in [4.78, 5) is 19.8. The van der Waals surface area contributed by atoms with E-state index in [1.807, 2.05) is 0 Å². The van der Waals surface area contributed by atoms with Crippen LogP contribution in [0.25, 0.3) is 0 Å². The highest BCUT2D eigenvalue weighted by atomic mass is 31.2. The van der Waals surface area contributed by atoms with Crippen LogP contribution in [-0.2, 0) is 23.1 Å². The van der Waals surface area contributed by atoms with Crippen LogP contribution < -0.4 is 0 Å². The van der Waals surface area contributed by atoms with Crippen molar-refractivity contribution in [3.05, 3.63) is 12.3 Å². The first-order valence-electron chi connectivity index (χ1n) is 3.96. The van der Waals surface area contributed by atoms with E-state index in [0.717, 1.165) is 0 Å². The van der Waals surface area contributed by atoms with Gasteiger partial charge in [0.05, 0.1) is 13.2 Å². The van der Waals surface area contributed by atoms with Crippen LogP contribution in [0.3, 0.4) is 0 Å². The molecule has 0 aliphatic rings. The van der Waals surface area contributed by atoms with Crippen molar-refractivity contribution in [3.8, 4) is 0 Å². The van der Waals surface area contributed by atoms with Gasteiger partial charge in [-0.2, -0.15) is 0 Å². The van der Waals surface area contributed by atoms with Gasteiger partial charge in [0.15, 0.2) is 0 Å². The first-order chi connectivity index (χ1) is 6.43. The fourth-order valence-corrected chi connectivity index (χ4v) is 1.31. The minimum atomic E-state index is -4.23. The summed E-state index contributed by atoms with van der Waals surface area (Å²) in [5.41, 5.74) is 0. The molecule has 1 atom stereocenters. The molecule has 0 aliphatic heterocycles. The maximum absolute atomic E-state index is 11.0. The van der Waals surface area contributed by atoms with E-state index in [0.29, 0.717) is 0 Å². The van der Waals surface area contributed by atoms with Crippen LogP contribution in [0.2, 0.25) is 0 Å². The summed E-state index contributed by atoms with van der Waals surface area (Å²) in [5.74, 6) is -1.44. The fraction of sp³-hybridized carbons (Fsp3) is 0.571. The molecule has 0 amide bonds. The Labute approximate surface area is 82.1 Å². The number of hydrogen-bond donors (Lipinski definition) is 1. The molecular formula is C7H13O6P. The quantitative estimate of drug-likeness (QED) is 0.316. The van der Waals surface area contributed by atoms with Crippen LogP contribution in [0.15, 0.2) is 12.3 Å². The van der Waals surface area contributed by atoms with Gasteiger partial charge >= 0.3 is 13.8 Å². The van der Waals surface area contributed by atoms with E-state index in [9.17, 15) is 9.36 Å². The van der Waals surface area contributed by atoms with E-state index < -0.39 is 19.6 Å². The summed E-state index contributed by atoms with van der Waals surface area (Å²) in [7, 11) is -4.23. The monoisotopic (exact) mass is 224 g/mol. The Hall–Kier alpha value is -0.840. The zero-order chi connectivity index (χ0) is 11.2. The lowest BCUT2D eigenvalue weighted by molar-refractivity contribution is -0.141. The van der Waals surface area contributed by atoms with Gasteiger partial charge in [-0.1, -0.05) is 0 Å². The standard InChI is InChI=1S/C7H13O6P/c1-4-11-7(8)6(3)13-14(9,10)12-5-2/h3-5H2,1-2H3,(H,9,10). The van der Waals surface area contributed by atoms with Gasteiger partial charge in [-0.25, -0.2) is 9.36 Å². The molecule has 0 aromatic heterocycles. The lowest BCUT2D eigenvalue weighted by Crippen LogP contribution is -2.09. The average molecular weight is 224 g/mol. The number of phosphoric ester groups is 1. The van der Waals surface area contributed by atoms with Crippen molar-refractivity contribution in [2.75, 3.05) is 13.2 Å². The van der Waals surface area contributed by atoms with Gasteiger partial charge in [-0.05, 0) is 20.4 Å². The Morgan fingerprint density at radius 3 is 2.43 bits per heavy atom. The molecule has 7 heteroatoms. The SMILES string of the molecule is C=C(OP(=O)(O)OCC)C(=O)OCC. The van der Waals surface area contributed by atoms with Crippen molar-refractivity contribution in [3.63, 3.8) is 0 Å². The molecule has 0 aromatic rings. The third-order valence-electron chi connectivity index (χ3n) is 1.02. The van der Waals surface area contributed by atoms with E-state index in [1.165, 1.54) is 6.92 Å². The molecule has 1 N–H and O–H groups in total. The molecule has 0 radical (unpaired) electrons. The summed E-state index contributed by atoms with van der Waals surface area (Å²) in [6.45, 7) is 6.35. The van der Waals surface area contributed by atoms with Crippen molar-refractivity contribution in [2.24, 2.45) is 0 Å². The maximum Gasteiger partial charge on any atom is 0.527 e. The molecule has 0 bridgehead atoms. The van der Waals surface area contributed by atoms with E-state index >= 15 is 0 Å². The molecule has 6 nitrogen and oxygen atoms in total. The van der Waals surface area contributed by atoms with Gasteiger partial charge < -0.3 is 9.26 Å². The Morgan fingerprint density at radius 2 is 2.00 bits per heavy atom. The molecule has 82 valence electrons. The Bertz CT molecular complexity index is 261. The summed E-state index contributed by atoms with van der Waals surface area (Å²) in [6, 6.07) is 0. The third kappa shape index (κ3) is 5.01. The highest BCUT2D eigenvalue weighted by Gasteiger charge is 2.25. The lowest BCUT2D eigenvalue weighted by atomic mass is 10.6. The zero-order valence-electron chi connectivity index (χ0n) is 8.06. The summed E-state index contributed by atoms with van der Waals surface area (Å²) in [6.07, 6.45) is 0. The Balaban J connectivity index is 4.18. The number of hydrogen-bond acceptors (Lipinski definition) is 5. The van der Waals surface area contributed by atoms with Crippen molar-refractivity contribution in [2.45, 2.75) is 13.8 Å². The second kappa shape index (κ2) is 5.80. The molecule has 14 heavy (non-hydrogen) atoms. The molecule has 0 aliphatic carbocycles. The summed E-state index contributed by atoms with van der Waals surface area (Å²) >= 11 is 0. The minimum Gasteiger partial charge on any atom is -0.460 e. The summed E-state index contributed by atoms with van der Waals surface area (Å²) < 4.78 is 24.1. The van der Waals surface area contributed by atoms with Gasteiger partial charge in [0.1, 0.15) is 0 Å². The predicted molar refractivity (Wildman–Crippen MR) is 48.3 cm³/mol. The minimum absolute atomic E-state index is 0.0100. The fourth-order valence-electron chi connectivity index (χ4n) is 0.578. The van der Waals surface area contributed by atoms with E-state index in [-0.39, 0.29) is 13.2 Å². The molecular weight excluding hydrogens is 211 g/mol. The third-order valence-corrected chi connectivity index (χ3v) is 2.06. The topological polar surface area (TPSA) is 82.1 Å². The molecule has 0 saturated heterocycles. The molecule has 0 heterocycles. The van der Waals surface area contributed by atoms with Gasteiger partial charge in [0, 0.05) is 0 Å². The number of carbonyl (C=O) groups excluding carboxylic acids is 1. The smallest absolute Gasteiger partial charge is 0.460 e. The lowest BCUT2D eigenvalue weighted by Gasteiger charge is -2.12. The number of ether oxygens (including phenoxy) is 1. The van der Waals surface area contributed by atoms with Crippen molar-refractivity contribution in [1.82, 2.24) is 0 Å².